The Bertz CT molecular complexity index is 669. The van der Waals surface area contributed by atoms with Gasteiger partial charge in [0.05, 0.1) is 0 Å². The minimum absolute atomic E-state index is 0.0551. The van der Waals surface area contributed by atoms with Gasteiger partial charge in [0.25, 0.3) is 0 Å². The van der Waals surface area contributed by atoms with Gasteiger partial charge >= 0.3 is 0 Å². The van der Waals surface area contributed by atoms with E-state index in [0.29, 0.717) is 23.1 Å². The van der Waals surface area contributed by atoms with Crippen LogP contribution >= 0.6 is 0 Å². The van der Waals surface area contributed by atoms with Crippen LogP contribution in [-0.4, -0.2) is 17.3 Å². The Kier molecular flexibility index (Phi) is 4.27. The summed E-state index contributed by atoms with van der Waals surface area (Å²) in [6, 6.07) is 4.84. The predicted molar refractivity (Wildman–Crippen MR) is 110 cm³/mol. The zero-order valence-corrected chi connectivity index (χ0v) is 17.3. The fourth-order valence-corrected chi connectivity index (χ4v) is 9.56. The van der Waals surface area contributed by atoms with E-state index >= 15 is 0 Å². The molecule has 140 valence electrons. The zero-order chi connectivity index (χ0) is 17.9. The fourth-order valence-electron chi connectivity index (χ4n) is 7.09. The lowest BCUT2D eigenvalue weighted by Gasteiger charge is -2.56. The van der Waals surface area contributed by atoms with Gasteiger partial charge in [-0.1, -0.05) is 0 Å². The largest absolute Gasteiger partial charge is 0.299 e. The van der Waals surface area contributed by atoms with Crippen LogP contribution in [0.4, 0.5) is 0 Å². The summed E-state index contributed by atoms with van der Waals surface area (Å²) in [7, 11) is 0.474. The van der Waals surface area contributed by atoms with Crippen molar-refractivity contribution < 1.29 is 4.79 Å². The second-order valence-corrected chi connectivity index (χ2v) is 12.2. The molecule has 1 heterocycles. The Morgan fingerprint density at radius 2 is 1.46 bits per heavy atom. The Morgan fingerprint density at radius 1 is 0.962 bits per heavy atom. The van der Waals surface area contributed by atoms with Gasteiger partial charge < -0.3 is 0 Å². The molecule has 0 aromatic heterocycles. The normalized spacial score (nSPS) is 36.0. The molecule has 0 unspecified atom stereocenters. The molecule has 1 aliphatic heterocycles. The average Bonchev–Trinajstić information content (AvgIpc) is 3.11. The molecule has 6 rings (SSSR count). The Morgan fingerprint density at radius 3 is 1.96 bits per heavy atom. The first-order valence-corrected chi connectivity index (χ1v) is 12.4. The molecule has 1 aromatic carbocycles. The smallest absolute Gasteiger partial charge is 0.155 e. The van der Waals surface area contributed by atoms with Gasteiger partial charge in [-0.3, -0.25) is 4.79 Å². The van der Waals surface area contributed by atoms with Crippen molar-refractivity contribution in [2.75, 3.05) is 11.5 Å². The SMILES string of the molecule is Cc1cc([S+]2CCCC2)cc(C)c1CC(=O)C12CC3CC(CC(C3)C1)C2. The molecule has 4 bridgehead atoms. The summed E-state index contributed by atoms with van der Waals surface area (Å²) >= 11 is 0. The molecule has 4 aliphatic carbocycles. The monoisotopic (exact) mass is 369 g/mol. The minimum Gasteiger partial charge on any atom is -0.299 e. The van der Waals surface area contributed by atoms with Gasteiger partial charge in [-0.2, -0.15) is 0 Å². The molecule has 0 spiro atoms. The van der Waals surface area contributed by atoms with E-state index in [1.54, 1.807) is 4.90 Å². The lowest BCUT2D eigenvalue weighted by atomic mass is 9.48. The molecule has 1 aromatic rings. The van der Waals surface area contributed by atoms with Crippen molar-refractivity contribution in [2.24, 2.45) is 23.2 Å². The first-order valence-electron chi connectivity index (χ1n) is 10.8. The van der Waals surface area contributed by atoms with E-state index in [-0.39, 0.29) is 5.41 Å². The van der Waals surface area contributed by atoms with Gasteiger partial charge in [0.15, 0.2) is 4.90 Å². The molecule has 5 fully saturated rings. The molecule has 26 heavy (non-hydrogen) atoms. The molecule has 0 radical (unpaired) electrons. The second-order valence-electron chi connectivity index (χ2n) is 9.94. The highest BCUT2D eigenvalue weighted by Gasteiger charge is 2.54. The van der Waals surface area contributed by atoms with E-state index in [4.69, 9.17) is 0 Å². The number of hydrogen-bond acceptors (Lipinski definition) is 1. The topological polar surface area (TPSA) is 17.1 Å². The molecule has 2 heteroatoms. The second kappa shape index (κ2) is 6.40. The maximum Gasteiger partial charge on any atom is 0.155 e. The molecular weight excluding hydrogens is 336 g/mol. The summed E-state index contributed by atoms with van der Waals surface area (Å²) in [6.45, 7) is 4.50. The van der Waals surface area contributed by atoms with E-state index in [1.165, 1.54) is 79.6 Å². The number of carbonyl (C=O) groups is 1. The minimum atomic E-state index is 0.0551. The van der Waals surface area contributed by atoms with E-state index < -0.39 is 0 Å². The summed E-state index contributed by atoms with van der Waals surface area (Å²) in [4.78, 5) is 15.1. The summed E-state index contributed by atoms with van der Waals surface area (Å²) in [5, 5.41) is 0. The van der Waals surface area contributed by atoms with E-state index in [0.717, 1.165) is 17.8 Å². The molecule has 0 atom stereocenters. The lowest BCUT2D eigenvalue weighted by molar-refractivity contribution is -0.143. The van der Waals surface area contributed by atoms with Crippen molar-refractivity contribution in [2.45, 2.75) is 76.5 Å². The Labute approximate surface area is 161 Å². The van der Waals surface area contributed by atoms with Gasteiger partial charge in [0.2, 0.25) is 0 Å². The summed E-state index contributed by atoms with van der Waals surface area (Å²) in [5.41, 5.74) is 4.15. The van der Waals surface area contributed by atoms with Crippen molar-refractivity contribution in [1.29, 1.82) is 0 Å². The number of ketones is 1. The highest BCUT2D eigenvalue weighted by molar-refractivity contribution is 7.97. The van der Waals surface area contributed by atoms with Crippen molar-refractivity contribution in [1.82, 2.24) is 0 Å². The Hall–Kier alpha value is -0.760. The maximum absolute atomic E-state index is 13.5. The van der Waals surface area contributed by atoms with Gasteiger partial charge in [-0.15, -0.1) is 0 Å². The molecule has 5 aliphatic rings. The standard InChI is InChI=1S/C24H33OS/c1-16-7-21(26-5-3-4-6-26)8-17(2)22(16)12-23(25)24-13-18-9-19(14-24)11-20(10-18)15-24/h7-8,18-20H,3-6,9-15H2,1-2H3/q+1. The van der Waals surface area contributed by atoms with Gasteiger partial charge in [0, 0.05) is 22.7 Å². The van der Waals surface area contributed by atoms with Crippen LogP contribution in [0.1, 0.15) is 68.1 Å². The number of benzene rings is 1. The van der Waals surface area contributed by atoms with Crippen LogP contribution in [0.25, 0.3) is 0 Å². The summed E-state index contributed by atoms with van der Waals surface area (Å²) < 4.78 is 0. The van der Waals surface area contributed by atoms with Gasteiger partial charge in [0.1, 0.15) is 17.3 Å². The van der Waals surface area contributed by atoms with Gasteiger partial charge in [-0.25, -0.2) is 0 Å². The third-order valence-electron chi connectivity index (χ3n) is 8.00. The van der Waals surface area contributed by atoms with Crippen molar-refractivity contribution in [3.05, 3.63) is 28.8 Å². The molecule has 1 nitrogen and oxygen atoms in total. The average molecular weight is 370 g/mol. The van der Waals surface area contributed by atoms with Crippen molar-refractivity contribution in [3.63, 3.8) is 0 Å². The van der Waals surface area contributed by atoms with E-state index in [1.807, 2.05) is 0 Å². The fraction of sp³-hybridized carbons (Fsp3) is 0.708. The quantitative estimate of drug-likeness (QED) is 0.649. The molecule has 0 amide bonds. The number of carbonyl (C=O) groups excluding carboxylic acids is 1. The van der Waals surface area contributed by atoms with Crippen LogP contribution in [0.15, 0.2) is 17.0 Å². The zero-order valence-electron chi connectivity index (χ0n) is 16.5. The van der Waals surface area contributed by atoms with E-state index in [2.05, 4.69) is 26.0 Å². The van der Waals surface area contributed by atoms with Crippen LogP contribution in [0.3, 0.4) is 0 Å². The first-order chi connectivity index (χ1) is 12.5. The van der Waals surface area contributed by atoms with Crippen molar-refractivity contribution in [3.8, 4) is 0 Å². The number of Topliss-reactive ketones (excluding diaryl/α,β-unsaturated/α-hetero) is 1. The van der Waals surface area contributed by atoms with Crippen molar-refractivity contribution >= 4 is 16.7 Å². The lowest BCUT2D eigenvalue weighted by Crippen LogP contribution is -2.50. The Balaban J connectivity index is 1.38. The third-order valence-corrected chi connectivity index (χ3v) is 10.5. The third kappa shape index (κ3) is 2.87. The molecular formula is C24H33OS+. The predicted octanol–water partition coefficient (Wildman–Crippen LogP) is 5.40. The summed E-state index contributed by atoms with van der Waals surface area (Å²) in [5.74, 6) is 5.92. The summed E-state index contributed by atoms with van der Waals surface area (Å²) in [6.07, 6.45) is 11.4. The number of rotatable bonds is 4. The highest BCUT2D eigenvalue weighted by atomic mass is 32.2. The molecule has 1 saturated heterocycles. The van der Waals surface area contributed by atoms with Crippen LogP contribution in [0, 0.1) is 37.0 Å². The first kappa shape index (κ1) is 17.3. The molecule has 0 N–H and O–H groups in total. The number of hydrogen-bond donors (Lipinski definition) is 0. The highest BCUT2D eigenvalue weighted by Crippen LogP contribution is 2.60. The van der Waals surface area contributed by atoms with Crippen LogP contribution in [0.5, 0.6) is 0 Å². The molecule has 4 saturated carbocycles. The van der Waals surface area contributed by atoms with Crippen LogP contribution in [0.2, 0.25) is 0 Å². The van der Waals surface area contributed by atoms with Crippen LogP contribution in [-0.2, 0) is 22.1 Å². The van der Waals surface area contributed by atoms with Gasteiger partial charge in [-0.05, 0) is 112 Å². The number of aryl methyl sites for hydroxylation is 2. The van der Waals surface area contributed by atoms with Crippen LogP contribution < -0.4 is 0 Å². The van der Waals surface area contributed by atoms with E-state index in [9.17, 15) is 4.79 Å². The maximum atomic E-state index is 13.5.